The first-order chi connectivity index (χ1) is 14.6. The molecule has 2 aliphatic carbocycles. The second-order valence-corrected chi connectivity index (χ2v) is 9.64. The first kappa shape index (κ1) is 21.6. The Morgan fingerprint density at radius 1 is 0.967 bits per heavy atom. The third kappa shape index (κ3) is 4.67. The van der Waals surface area contributed by atoms with Gasteiger partial charge >= 0.3 is 0 Å². The van der Waals surface area contributed by atoms with E-state index in [1.165, 1.54) is 12.8 Å². The molecule has 0 radical (unpaired) electrons. The van der Waals surface area contributed by atoms with Gasteiger partial charge in [0.15, 0.2) is 0 Å². The topological polar surface area (TPSA) is 52.7 Å². The molecule has 0 bridgehead atoms. The maximum atomic E-state index is 13.2. The summed E-state index contributed by atoms with van der Waals surface area (Å²) < 4.78 is 0. The number of piperazine rings is 1. The highest BCUT2D eigenvalue weighted by Crippen LogP contribution is 2.41. The monoisotopic (exact) mass is 431 g/mol. The number of hydrogen-bond donors (Lipinski definition) is 1. The average molecular weight is 432 g/mol. The molecule has 3 fully saturated rings. The Morgan fingerprint density at radius 2 is 1.60 bits per heavy atom. The van der Waals surface area contributed by atoms with Gasteiger partial charge in [-0.3, -0.25) is 14.5 Å². The standard InChI is InChI=1S/C24H34ClN3O2/c25-21-9-7-20(8-10-21)24(11-3-4-12-24)23(30)26-13-14-27-15-17-28(18-16-27)22(29)19-5-1-2-6-19/h7-10,19H,1-6,11-18H2,(H,26,30). The number of nitrogens with zero attached hydrogens (tertiary/aromatic N) is 2. The molecule has 2 saturated carbocycles. The van der Waals surface area contributed by atoms with E-state index in [4.69, 9.17) is 11.6 Å². The van der Waals surface area contributed by atoms with Crippen molar-refractivity contribution >= 4 is 23.4 Å². The molecular formula is C24H34ClN3O2. The fourth-order valence-electron chi connectivity index (χ4n) is 5.51. The fraction of sp³-hybridized carbons (Fsp3) is 0.667. The second kappa shape index (κ2) is 9.69. The van der Waals surface area contributed by atoms with Crippen LogP contribution in [0.1, 0.15) is 56.9 Å². The predicted molar refractivity (Wildman–Crippen MR) is 120 cm³/mol. The highest BCUT2D eigenvalue weighted by molar-refractivity contribution is 6.30. The molecule has 1 aliphatic heterocycles. The lowest BCUT2D eigenvalue weighted by molar-refractivity contribution is -0.137. The van der Waals surface area contributed by atoms with Gasteiger partial charge in [-0.1, -0.05) is 49.4 Å². The summed E-state index contributed by atoms with van der Waals surface area (Å²) in [5.74, 6) is 0.787. The number of hydrogen-bond acceptors (Lipinski definition) is 3. The van der Waals surface area contributed by atoms with Crippen molar-refractivity contribution in [3.8, 4) is 0 Å². The van der Waals surface area contributed by atoms with Gasteiger partial charge in [-0.2, -0.15) is 0 Å². The molecule has 1 aromatic rings. The van der Waals surface area contributed by atoms with Crippen LogP contribution in [-0.2, 0) is 15.0 Å². The Labute approximate surface area is 185 Å². The molecule has 0 aromatic heterocycles. The van der Waals surface area contributed by atoms with Gasteiger partial charge in [-0.05, 0) is 43.4 Å². The Bertz CT molecular complexity index is 731. The van der Waals surface area contributed by atoms with E-state index in [0.29, 0.717) is 17.5 Å². The molecule has 1 saturated heterocycles. The van der Waals surface area contributed by atoms with Crippen molar-refractivity contribution in [2.24, 2.45) is 5.92 Å². The quantitative estimate of drug-likeness (QED) is 0.748. The van der Waals surface area contributed by atoms with E-state index < -0.39 is 5.41 Å². The Morgan fingerprint density at radius 3 is 2.23 bits per heavy atom. The molecule has 1 heterocycles. The zero-order valence-electron chi connectivity index (χ0n) is 17.9. The van der Waals surface area contributed by atoms with E-state index in [1.54, 1.807) is 0 Å². The van der Waals surface area contributed by atoms with Crippen LogP contribution in [-0.4, -0.2) is 60.9 Å². The first-order valence-electron chi connectivity index (χ1n) is 11.6. The Hall–Kier alpha value is -1.59. The number of benzene rings is 1. The van der Waals surface area contributed by atoms with Crippen molar-refractivity contribution in [2.45, 2.75) is 56.8 Å². The molecule has 3 aliphatic rings. The van der Waals surface area contributed by atoms with Gasteiger partial charge in [0.05, 0.1) is 5.41 Å². The van der Waals surface area contributed by atoms with Crippen LogP contribution in [0.5, 0.6) is 0 Å². The molecule has 4 rings (SSSR count). The molecule has 0 atom stereocenters. The lowest BCUT2D eigenvalue weighted by atomic mass is 9.78. The van der Waals surface area contributed by atoms with Crippen LogP contribution < -0.4 is 5.32 Å². The molecule has 6 heteroatoms. The molecular weight excluding hydrogens is 398 g/mol. The van der Waals surface area contributed by atoms with Gasteiger partial charge < -0.3 is 10.2 Å². The zero-order valence-corrected chi connectivity index (χ0v) is 18.6. The zero-order chi connectivity index (χ0) is 21.0. The van der Waals surface area contributed by atoms with Crippen molar-refractivity contribution in [3.05, 3.63) is 34.9 Å². The van der Waals surface area contributed by atoms with Gasteiger partial charge in [-0.25, -0.2) is 0 Å². The van der Waals surface area contributed by atoms with Crippen molar-refractivity contribution in [1.82, 2.24) is 15.1 Å². The average Bonchev–Trinajstić information content (AvgIpc) is 3.47. The minimum atomic E-state index is -0.406. The SMILES string of the molecule is O=C(C1CCCC1)N1CCN(CCNC(=O)C2(c3ccc(Cl)cc3)CCCC2)CC1. The third-order valence-electron chi connectivity index (χ3n) is 7.39. The summed E-state index contributed by atoms with van der Waals surface area (Å²) in [5, 5.41) is 3.92. The van der Waals surface area contributed by atoms with Crippen LogP contribution in [0.4, 0.5) is 0 Å². The lowest BCUT2D eigenvalue weighted by Crippen LogP contribution is -2.52. The predicted octanol–water partition coefficient (Wildman–Crippen LogP) is 3.60. The van der Waals surface area contributed by atoms with Gasteiger partial charge in [0.25, 0.3) is 0 Å². The maximum absolute atomic E-state index is 13.2. The van der Waals surface area contributed by atoms with Gasteiger partial charge in [0, 0.05) is 50.2 Å². The summed E-state index contributed by atoms with van der Waals surface area (Å²) >= 11 is 6.05. The Kier molecular flexibility index (Phi) is 6.99. The molecule has 1 N–H and O–H groups in total. The van der Waals surface area contributed by atoms with E-state index in [9.17, 15) is 9.59 Å². The normalized spacial score (nSPS) is 22.4. The van der Waals surface area contributed by atoms with Crippen molar-refractivity contribution in [1.29, 1.82) is 0 Å². The smallest absolute Gasteiger partial charge is 0.230 e. The third-order valence-corrected chi connectivity index (χ3v) is 7.64. The van der Waals surface area contributed by atoms with E-state index in [0.717, 1.165) is 76.8 Å². The number of halogens is 1. The van der Waals surface area contributed by atoms with Crippen molar-refractivity contribution < 1.29 is 9.59 Å². The van der Waals surface area contributed by atoms with Crippen molar-refractivity contribution in [2.75, 3.05) is 39.3 Å². The van der Waals surface area contributed by atoms with Crippen LogP contribution in [0, 0.1) is 5.92 Å². The Balaban J connectivity index is 1.24. The van der Waals surface area contributed by atoms with Gasteiger partial charge in [-0.15, -0.1) is 0 Å². The summed E-state index contributed by atoms with van der Waals surface area (Å²) in [6.07, 6.45) is 8.53. The molecule has 0 unspecified atom stereocenters. The van der Waals surface area contributed by atoms with Crippen LogP contribution in [0.15, 0.2) is 24.3 Å². The van der Waals surface area contributed by atoms with E-state index in [2.05, 4.69) is 15.1 Å². The highest BCUT2D eigenvalue weighted by Gasteiger charge is 2.42. The first-order valence-corrected chi connectivity index (χ1v) is 12.0. The molecule has 164 valence electrons. The number of amides is 2. The van der Waals surface area contributed by atoms with Crippen LogP contribution in [0.3, 0.4) is 0 Å². The van der Waals surface area contributed by atoms with Crippen LogP contribution in [0.2, 0.25) is 5.02 Å². The summed E-state index contributed by atoms with van der Waals surface area (Å²) in [6, 6.07) is 7.79. The summed E-state index contributed by atoms with van der Waals surface area (Å²) in [7, 11) is 0. The minimum absolute atomic E-state index is 0.150. The van der Waals surface area contributed by atoms with Gasteiger partial charge in [0.2, 0.25) is 11.8 Å². The second-order valence-electron chi connectivity index (χ2n) is 9.20. The number of rotatable bonds is 6. The molecule has 2 amide bonds. The number of nitrogens with one attached hydrogen (secondary N) is 1. The summed E-state index contributed by atoms with van der Waals surface area (Å²) in [6.45, 7) is 4.93. The minimum Gasteiger partial charge on any atom is -0.354 e. The maximum Gasteiger partial charge on any atom is 0.230 e. The van der Waals surface area contributed by atoms with E-state index >= 15 is 0 Å². The number of carbonyl (C=O) groups is 2. The van der Waals surface area contributed by atoms with Crippen LogP contribution in [0.25, 0.3) is 0 Å². The highest BCUT2D eigenvalue weighted by atomic mass is 35.5. The largest absolute Gasteiger partial charge is 0.354 e. The van der Waals surface area contributed by atoms with Crippen molar-refractivity contribution in [3.63, 3.8) is 0 Å². The van der Waals surface area contributed by atoms with Gasteiger partial charge in [0.1, 0.15) is 0 Å². The van der Waals surface area contributed by atoms with E-state index in [-0.39, 0.29) is 11.8 Å². The lowest BCUT2D eigenvalue weighted by Gasteiger charge is -2.36. The molecule has 5 nitrogen and oxygen atoms in total. The number of carbonyl (C=O) groups excluding carboxylic acids is 2. The van der Waals surface area contributed by atoms with Crippen LogP contribution >= 0.6 is 11.6 Å². The van der Waals surface area contributed by atoms with E-state index in [1.807, 2.05) is 24.3 Å². The molecule has 30 heavy (non-hydrogen) atoms. The summed E-state index contributed by atoms with van der Waals surface area (Å²) in [4.78, 5) is 30.2. The summed E-state index contributed by atoms with van der Waals surface area (Å²) in [5.41, 5.74) is 0.678. The molecule has 1 aromatic carbocycles. The fourth-order valence-corrected chi connectivity index (χ4v) is 5.64. The molecule has 0 spiro atoms.